The molecule has 104 valence electrons. The van der Waals surface area contributed by atoms with Gasteiger partial charge in [-0.25, -0.2) is 9.18 Å². The second-order valence-electron chi connectivity index (χ2n) is 4.13. The van der Waals surface area contributed by atoms with E-state index in [1.807, 2.05) is 0 Å². The van der Waals surface area contributed by atoms with Crippen molar-refractivity contribution < 1.29 is 18.3 Å². The lowest BCUT2D eigenvalue weighted by molar-refractivity contribution is 0.0692. The third-order valence-electron chi connectivity index (χ3n) is 2.70. The first kappa shape index (κ1) is 13.0. The van der Waals surface area contributed by atoms with E-state index in [1.165, 1.54) is 30.5 Å². The third kappa shape index (κ3) is 2.94. The lowest BCUT2D eigenvalue weighted by Gasteiger charge is -2.02. The minimum absolute atomic E-state index is 0.0576. The van der Waals surface area contributed by atoms with E-state index in [1.54, 1.807) is 24.3 Å². The minimum Gasteiger partial charge on any atom is -0.457 e. The van der Waals surface area contributed by atoms with Crippen molar-refractivity contribution >= 4 is 5.97 Å². The van der Waals surface area contributed by atoms with Gasteiger partial charge in [0.2, 0.25) is 11.6 Å². The molecule has 0 aliphatic carbocycles. The average molecular weight is 284 g/mol. The quantitative estimate of drug-likeness (QED) is 0.691. The Morgan fingerprint density at radius 2 is 1.86 bits per heavy atom. The van der Waals surface area contributed by atoms with Crippen molar-refractivity contribution in [1.29, 1.82) is 0 Å². The molecule has 0 atom stereocenters. The smallest absolute Gasteiger partial charge is 0.380 e. The second-order valence-corrected chi connectivity index (χ2v) is 4.13. The summed E-state index contributed by atoms with van der Waals surface area (Å²) >= 11 is 0. The summed E-state index contributed by atoms with van der Waals surface area (Å²) in [6, 6.07) is 12.1. The molecule has 0 spiro atoms. The molecular weight excluding hydrogens is 275 g/mol. The van der Waals surface area contributed by atoms with Crippen LogP contribution in [0, 0.1) is 5.82 Å². The standard InChI is InChI=1S/C15H9FN2O3/c16-11-5-3-10(4-6-11)12-7-8-14(18-17-12)21-15(19)13-2-1-9-20-13/h1-9H. The van der Waals surface area contributed by atoms with E-state index >= 15 is 0 Å². The summed E-state index contributed by atoms with van der Waals surface area (Å²) in [4.78, 5) is 11.6. The number of aromatic nitrogens is 2. The first-order valence-corrected chi connectivity index (χ1v) is 6.08. The van der Waals surface area contributed by atoms with Crippen molar-refractivity contribution in [3.8, 4) is 17.1 Å². The number of ether oxygens (including phenoxy) is 1. The molecule has 6 heteroatoms. The molecule has 1 aromatic carbocycles. The molecular formula is C15H9FN2O3. The van der Waals surface area contributed by atoms with E-state index in [0.717, 1.165) is 0 Å². The highest BCUT2D eigenvalue weighted by atomic mass is 19.1. The number of carbonyl (C=O) groups excluding carboxylic acids is 1. The molecule has 0 aliphatic heterocycles. The van der Waals surface area contributed by atoms with Crippen LogP contribution in [0.25, 0.3) is 11.3 Å². The first-order chi connectivity index (χ1) is 10.2. The van der Waals surface area contributed by atoms with Crippen molar-refractivity contribution in [3.63, 3.8) is 0 Å². The number of esters is 1. The first-order valence-electron chi connectivity index (χ1n) is 6.08. The molecule has 0 N–H and O–H groups in total. The summed E-state index contributed by atoms with van der Waals surface area (Å²) in [6.07, 6.45) is 1.37. The molecule has 0 aliphatic rings. The Labute approximate surface area is 119 Å². The second kappa shape index (κ2) is 5.54. The zero-order chi connectivity index (χ0) is 14.7. The maximum Gasteiger partial charge on any atom is 0.380 e. The fraction of sp³-hybridized carbons (Fsp3) is 0. The predicted molar refractivity (Wildman–Crippen MR) is 71.1 cm³/mol. The Morgan fingerprint density at radius 3 is 2.48 bits per heavy atom. The summed E-state index contributed by atoms with van der Waals surface area (Å²) in [5.74, 6) is -0.832. The Bertz CT molecular complexity index is 738. The number of benzene rings is 1. The highest BCUT2D eigenvalue weighted by Gasteiger charge is 2.12. The van der Waals surface area contributed by atoms with Crippen LogP contribution in [-0.4, -0.2) is 16.2 Å². The van der Waals surface area contributed by atoms with Gasteiger partial charge in [0.25, 0.3) is 0 Å². The molecule has 0 saturated carbocycles. The van der Waals surface area contributed by atoms with Gasteiger partial charge in [0.05, 0.1) is 12.0 Å². The Hall–Kier alpha value is -3.02. The van der Waals surface area contributed by atoms with Crippen LogP contribution in [0.4, 0.5) is 4.39 Å². The molecule has 2 heterocycles. The normalized spacial score (nSPS) is 10.3. The number of rotatable bonds is 3. The molecule has 0 bridgehead atoms. The van der Waals surface area contributed by atoms with Gasteiger partial charge in [0.15, 0.2) is 0 Å². The van der Waals surface area contributed by atoms with Crippen molar-refractivity contribution in [2.75, 3.05) is 0 Å². The third-order valence-corrected chi connectivity index (χ3v) is 2.70. The fourth-order valence-corrected chi connectivity index (χ4v) is 1.69. The highest BCUT2D eigenvalue weighted by molar-refractivity contribution is 5.87. The number of nitrogens with zero attached hydrogens (tertiary/aromatic N) is 2. The van der Waals surface area contributed by atoms with Gasteiger partial charge in [-0.1, -0.05) is 0 Å². The molecule has 0 radical (unpaired) electrons. The molecule has 3 aromatic rings. The van der Waals surface area contributed by atoms with E-state index in [4.69, 9.17) is 9.15 Å². The van der Waals surface area contributed by atoms with E-state index in [0.29, 0.717) is 11.3 Å². The van der Waals surface area contributed by atoms with Gasteiger partial charge < -0.3 is 9.15 Å². The van der Waals surface area contributed by atoms with Gasteiger partial charge in [0.1, 0.15) is 5.82 Å². The summed E-state index contributed by atoms with van der Waals surface area (Å²) in [7, 11) is 0. The molecule has 0 unspecified atom stereocenters. The number of hydrogen-bond donors (Lipinski definition) is 0. The van der Waals surface area contributed by atoms with Gasteiger partial charge in [-0.15, -0.1) is 10.2 Å². The molecule has 3 rings (SSSR count). The SMILES string of the molecule is O=C(Oc1ccc(-c2ccc(F)cc2)nn1)c1ccco1. The number of hydrogen-bond acceptors (Lipinski definition) is 5. The van der Waals surface area contributed by atoms with Gasteiger partial charge in [-0.2, -0.15) is 0 Å². The number of carbonyl (C=O) groups is 1. The van der Waals surface area contributed by atoms with E-state index in [9.17, 15) is 9.18 Å². The Kier molecular flexibility index (Phi) is 3.42. The molecule has 0 fully saturated rings. The van der Waals surface area contributed by atoms with Gasteiger partial charge in [0, 0.05) is 11.6 Å². The molecule has 0 saturated heterocycles. The summed E-state index contributed by atoms with van der Waals surface area (Å²) in [5.41, 5.74) is 1.26. The largest absolute Gasteiger partial charge is 0.457 e. The average Bonchev–Trinajstić information content (AvgIpc) is 3.03. The summed E-state index contributed by atoms with van der Waals surface area (Å²) in [6.45, 7) is 0. The monoisotopic (exact) mass is 284 g/mol. The molecule has 21 heavy (non-hydrogen) atoms. The van der Waals surface area contributed by atoms with Crippen LogP contribution in [0.15, 0.2) is 59.2 Å². The molecule has 2 aromatic heterocycles. The fourth-order valence-electron chi connectivity index (χ4n) is 1.69. The maximum atomic E-state index is 12.8. The zero-order valence-corrected chi connectivity index (χ0v) is 10.7. The van der Waals surface area contributed by atoms with Gasteiger partial charge in [-0.3, -0.25) is 0 Å². The van der Waals surface area contributed by atoms with Crippen LogP contribution < -0.4 is 4.74 Å². The van der Waals surface area contributed by atoms with Crippen LogP contribution in [0.3, 0.4) is 0 Å². The van der Waals surface area contributed by atoms with Crippen molar-refractivity contribution in [2.24, 2.45) is 0 Å². The van der Waals surface area contributed by atoms with Crippen LogP contribution in [0.2, 0.25) is 0 Å². The minimum atomic E-state index is -0.649. The molecule has 0 amide bonds. The van der Waals surface area contributed by atoms with Crippen molar-refractivity contribution in [2.45, 2.75) is 0 Å². The number of furan rings is 1. The summed E-state index contributed by atoms with van der Waals surface area (Å²) in [5, 5.41) is 7.73. The van der Waals surface area contributed by atoms with E-state index in [2.05, 4.69) is 10.2 Å². The predicted octanol–water partition coefficient (Wildman–Crippen LogP) is 3.09. The van der Waals surface area contributed by atoms with Gasteiger partial charge in [-0.05, 0) is 42.5 Å². The number of halogens is 1. The Morgan fingerprint density at radius 1 is 1.05 bits per heavy atom. The maximum absolute atomic E-state index is 12.8. The van der Waals surface area contributed by atoms with Crippen molar-refractivity contribution in [3.05, 3.63) is 66.4 Å². The van der Waals surface area contributed by atoms with Crippen LogP contribution in [0.1, 0.15) is 10.6 Å². The molecule has 5 nitrogen and oxygen atoms in total. The topological polar surface area (TPSA) is 65.2 Å². The summed E-state index contributed by atoms with van der Waals surface area (Å²) < 4.78 is 22.8. The van der Waals surface area contributed by atoms with E-state index in [-0.39, 0.29) is 17.5 Å². The lowest BCUT2D eigenvalue weighted by Crippen LogP contribution is -2.08. The van der Waals surface area contributed by atoms with Gasteiger partial charge >= 0.3 is 5.97 Å². The van der Waals surface area contributed by atoms with Crippen LogP contribution >= 0.6 is 0 Å². The lowest BCUT2D eigenvalue weighted by atomic mass is 10.1. The Balaban J connectivity index is 1.75. The van der Waals surface area contributed by atoms with Crippen molar-refractivity contribution in [1.82, 2.24) is 10.2 Å². The van der Waals surface area contributed by atoms with Crippen LogP contribution in [0.5, 0.6) is 5.88 Å². The van der Waals surface area contributed by atoms with Crippen LogP contribution in [-0.2, 0) is 0 Å². The van der Waals surface area contributed by atoms with E-state index < -0.39 is 5.97 Å². The zero-order valence-electron chi connectivity index (χ0n) is 10.7. The highest BCUT2D eigenvalue weighted by Crippen LogP contribution is 2.18.